The average Bonchev–Trinajstić information content (AvgIpc) is 2.76. The molecule has 1 aromatic heterocycles. The van der Waals surface area contributed by atoms with Gasteiger partial charge in [-0.2, -0.15) is 0 Å². The summed E-state index contributed by atoms with van der Waals surface area (Å²) in [6.07, 6.45) is 3.18. The second-order valence-corrected chi connectivity index (χ2v) is 4.47. The molecule has 0 atom stereocenters. The monoisotopic (exact) mass is 294 g/mol. The van der Waals surface area contributed by atoms with E-state index in [9.17, 15) is 4.79 Å². The summed E-state index contributed by atoms with van der Waals surface area (Å²) in [6.45, 7) is 2.15. The van der Waals surface area contributed by atoms with Crippen LogP contribution in [0.4, 0.5) is 5.69 Å². The van der Waals surface area contributed by atoms with Crippen molar-refractivity contribution in [3.8, 4) is 0 Å². The third-order valence-electron chi connectivity index (χ3n) is 2.23. The molecule has 0 saturated heterocycles. The van der Waals surface area contributed by atoms with Crippen LogP contribution in [-0.2, 0) is 11.3 Å². The van der Waals surface area contributed by atoms with Gasteiger partial charge in [-0.25, -0.2) is 4.68 Å². The number of carbonyl (C=O) groups is 1. The van der Waals surface area contributed by atoms with Crippen LogP contribution in [0, 0.1) is 6.92 Å². The van der Waals surface area contributed by atoms with E-state index in [0.717, 1.165) is 15.7 Å². The van der Waals surface area contributed by atoms with E-state index in [-0.39, 0.29) is 12.5 Å². The molecule has 0 aliphatic carbocycles. The highest BCUT2D eigenvalue weighted by molar-refractivity contribution is 9.10. The summed E-state index contributed by atoms with van der Waals surface area (Å²) in [5.74, 6) is -0.133. The van der Waals surface area contributed by atoms with Crippen molar-refractivity contribution in [1.82, 2.24) is 15.0 Å². The number of halogens is 1. The van der Waals surface area contributed by atoms with Crippen molar-refractivity contribution in [1.29, 1.82) is 0 Å². The zero-order valence-corrected chi connectivity index (χ0v) is 10.8. The lowest BCUT2D eigenvalue weighted by molar-refractivity contribution is -0.116. The molecular formula is C11H11BrN4O. The van der Waals surface area contributed by atoms with Crippen molar-refractivity contribution in [3.63, 3.8) is 0 Å². The Morgan fingerprint density at radius 2 is 2.35 bits per heavy atom. The number of hydrogen-bond acceptors (Lipinski definition) is 3. The molecule has 2 rings (SSSR count). The number of rotatable bonds is 3. The van der Waals surface area contributed by atoms with E-state index < -0.39 is 0 Å². The van der Waals surface area contributed by atoms with Gasteiger partial charge in [-0.15, -0.1) is 5.10 Å². The number of nitrogens with zero attached hydrogens (tertiary/aromatic N) is 3. The number of benzene rings is 1. The maximum absolute atomic E-state index is 11.7. The summed E-state index contributed by atoms with van der Waals surface area (Å²) in [6, 6.07) is 5.67. The van der Waals surface area contributed by atoms with Crippen LogP contribution in [-0.4, -0.2) is 20.9 Å². The van der Waals surface area contributed by atoms with Crippen molar-refractivity contribution < 1.29 is 4.79 Å². The van der Waals surface area contributed by atoms with Crippen LogP contribution < -0.4 is 5.32 Å². The number of nitrogens with one attached hydrogen (secondary N) is 1. The van der Waals surface area contributed by atoms with Gasteiger partial charge >= 0.3 is 0 Å². The first-order chi connectivity index (χ1) is 8.15. The summed E-state index contributed by atoms with van der Waals surface area (Å²) >= 11 is 3.42. The maximum Gasteiger partial charge on any atom is 0.246 e. The normalized spacial score (nSPS) is 10.2. The molecule has 0 aliphatic heterocycles. The van der Waals surface area contributed by atoms with Gasteiger partial charge in [-0.3, -0.25) is 4.79 Å². The molecule has 0 spiro atoms. The van der Waals surface area contributed by atoms with Gasteiger partial charge in [0.25, 0.3) is 0 Å². The molecule has 1 aromatic carbocycles. The first kappa shape index (κ1) is 11.8. The van der Waals surface area contributed by atoms with E-state index >= 15 is 0 Å². The molecule has 17 heavy (non-hydrogen) atoms. The standard InChI is InChI=1S/C11H11BrN4O/c1-8-2-3-9(6-10(8)12)14-11(17)7-16-5-4-13-15-16/h2-6H,7H2,1H3,(H,14,17). The topological polar surface area (TPSA) is 59.8 Å². The lowest BCUT2D eigenvalue weighted by atomic mass is 10.2. The van der Waals surface area contributed by atoms with Gasteiger partial charge in [0.2, 0.25) is 5.91 Å². The highest BCUT2D eigenvalue weighted by Crippen LogP contribution is 2.20. The van der Waals surface area contributed by atoms with Gasteiger partial charge in [0.1, 0.15) is 6.54 Å². The highest BCUT2D eigenvalue weighted by atomic mass is 79.9. The molecule has 0 bridgehead atoms. The van der Waals surface area contributed by atoms with Crippen molar-refractivity contribution in [2.75, 3.05) is 5.32 Å². The molecule has 1 amide bonds. The molecule has 2 aromatic rings. The van der Waals surface area contributed by atoms with Crippen LogP contribution in [0.1, 0.15) is 5.56 Å². The van der Waals surface area contributed by atoms with E-state index in [4.69, 9.17) is 0 Å². The van der Waals surface area contributed by atoms with E-state index in [1.54, 1.807) is 6.20 Å². The van der Waals surface area contributed by atoms with Gasteiger partial charge in [0.05, 0.1) is 6.20 Å². The van der Waals surface area contributed by atoms with E-state index in [1.807, 2.05) is 25.1 Å². The SMILES string of the molecule is Cc1ccc(NC(=O)Cn2ccnn2)cc1Br. The minimum Gasteiger partial charge on any atom is -0.324 e. The highest BCUT2D eigenvalue weighted by Gasteiger charge is 2.05. The van der Waals surface area contributed by atoms with Crippen LogP contribution >= 0.6 is 15.9 Å². The number of aromatic nitrogens is 3. The Labute approximate surface area is 107 Å². The van der Waals surface area contributed by atoms with Crippen LogP contribution in [0.15, 0.2) is 35.1 Å². The molecule has 0 fully saturated rings. The molecule has 0 radical (unpaired) electrons. The molecule has 6 heteroatoms. The Morgan fingerprint density at radius 3 is 3.00 bits per heavy atom. The van der Waals surface area contributed by atoms with Crippen LogP contribution in [0.2, 0.25) is 0 Å². The van der Waals surface area contributed by atoms with Crippen LogP contribution in [0.5, 0.6) is 0 Å². The van der Waals surface area contributed by atoms with Gasteiger partial charge in [-0.1, -0.05) is 27.2 Å². The van der Waals surface area contributed by atoms with Gasteiger partial charge in [0.15, 0.2) is 0 Å². The molecule has 0 unspecified atom stereocenters. The van der Waals surface area contributed by atoms with E-state index in [0.29, 0.717) is 0 Å². The number of anilines is 1. The average molecular weight is 295 g/mol. The Kier molecular flexibility index (Phi) is 3.53. The minimum absolute atomic E-state index is 0.133. The van der Waals surface area contributed by atoms with Crippen LogP contribution in [0.25, 0.3) is 0 Å². The number of hydrogen-bond donors (Lipinski definition) is 1. The fraction of sp³-hybridized carbons (Fsp3) is 0.182. The fourth-order valence-electron chi connectivity index (χ4n) is 1.34. The second-order valence-electron chi connectivity index (χ2n) is 3.61. The predicted octanol–water partition coefficient (Wildman–Crippen LogP) is 1.99. The molecule has 0 aliphatic rings. The maximum atomic E-state index is 11.7. The summed E-state index contributed by atoms with van der Waals surface area (Å²) in [5.41, 5.74) is 1.88. The molecule has 88 valence electrons. The third-order valence-corrected chi connectivity index (χ3v) is 3.09. The lowest BCUT2D eigenvalue weighted by Gasteiger charge is -2.06. The zero-order valence-electron chi connectivity index (χ0n) is 9.22. The lowest BCUT2D eigenvalue weighted by Crippen LogP contribution is -2.19. The molecular weight excluding hydrogens is 284 g/mol. The summed E-state index contributed by atoms with van der Waals surface area (Å²) < 4.78 is 2.44. The Bertz CT molecular complexity index is 524. The smallest absolute Gasteiger partial charge is 0.246 e. The first-order valence-corrected chi connectivity index (χ1v) is 5.84. The number of amides is 1. The summed E-state index contributed by atoms with van der Waals surface area (Å²) in [4.78, 5) is 11.7. The predicted molar refractivity (Wildman–Crippen MR) is 67.5 cm³/mol. The Morgan fingerprint density at radius 1 is 1.53 bits per heavy atom. The molecule has 0 saturated carbocycles. The van der Waals surface area contributed by atoms with Gasteiger partial charge < -0.3 is 5.32 Å². The fourth-order valence-corrected chi connectivity index (χ4v) is 1.71. The summed E-state index contributed by atoms with van der Waals surface area (Å²) in [7, 11) is 0. The Balaban J connectivity index is 2.00. The summed E-state index contributed by atoms with van der Waals surface area (Å²) in [5, 5.41) is 10.2. The Hall–Kier alpha value is -1.69. The van der Waals surface area contributed by atoms with Crippen molar-refractivity contribution in [2.45, 2.75) is 13.5 Å². The zero-order chi connectivity index (χ0) is 12.3. The molecule has 1 heterocycles. The minimum atomic E-state index is -0.133. The van der Waals surface area contributed by atoms with E-state index in [2.05, 4.69) is 31.6 Å². The molecule has 5 nitrogen and oxygen atoms in total. The number of aryl methyl sites for hydroxylation is 1. The van der Waals surface area contributed by atoms with Crippen molar-refractivity contribution >= 4 is 27.5 Å². The van der Waals surface area contributed by atoms with Gasteiger partial charge in [0, 0.05) is 16.4 Å². The molecule has 1 N–H and O–H groups in total. The number of carbonyl (C=O) groups excluding carboxylic acids is 1. The van der Waals surface area contributed by atoms with Crippen LogP contribution in [0.3, 0.4) is 0 Å². The van der Waals surface area contributed by atoms with E-state index in [1.165, 1.54) is 10.9 Å². The quantitative estimate of drug-likeness (QED) is 0.942. The largest absolute Gasteiger partial charge is 0.324 e. The second kappa shape index (κ2) is 5.09. The van der Waals surface area contributed by atoms with Crippen molar-refractivity contribution in [2.24, 2.45) is 0 Å². The first-order valence-electron chi connectivity index (χ1n) is 5.05. The van der Waals surface area contributed by atoms with Gasteiger partial charge in [-0.05, 0) is 24.6 Å². The third kappa shape index (κ3) is 3.13. The van der Waals surface area contributed by atoms with Crippen molar-refractivity contribution in [3.05, 3.63) is 40.6 Å².